The Labute approximate surface area is 175 Å². The highest BCUT2D eigenvalue weighted by Crippen LogP contribution is 2.39. The number of rotatable bonds is 3. The minimum Gasteiger partial charge on any atom is -0.231 e. The summed E-state index contributed by atoms with van der Waals surface area (Å²) in [6.45, 7) is 2.16. The smallest absolute Gasteiger partial charge is 0.0840 e. The molecule has 0 amide bonds. The fraction of sp³-hybridized carbons (Fsp3) is 0.273. The minimum atomic E-state index is 0.480. The Balaban J connectivity index is 1.91. The third kappa shape index (κ3) is 3.76. The number of hydrogen-bond donors (Lipinski definition) is 0. The van der Waals surface area contributed by atoms with E-state index in [2.05, 4.69) is 13.3 Å². The summed E-state index contributed by atoms with van der Waals surface area (Å²) in [5, 5.41) is 6.95. The first-order chi connectivity index (χ1) is 13.0. The van der Waals surface area contributed by atoms with Crippen molar-refractivity contribution in [3.63, 3.8) is 0 Å². The summed E-state index contributed by atoms with van der Waals surface area (Å²) in [4.78, 5) is 0. The first-order valence-electron chi connectivity index (χ1n) is 9.17. The molecule has 1 aliphatic rings. The van der Waals surface area contributed by atoms with Gasteiger partial charge in [-0.25, -0.2) is 4.68 Å². The van der Waals surface area contributed by atoms with Crippen LogP contribution in [0.5, 0.6) is 0 Å². The van der Waals surface area contributed by atoms with Gasteiger partial charge >= 0.3 is 0 Å². The lowest BCUT2D eigenvalue weighted by atomic mass is 9.85. The van der Waals surface area contributed by atoms with Gasteiger partial charge in [0.25, 0.3) is 0 Å². The van der Waals surface area contributed by atoms with Crippen LogP contribution < -0.4 is 0 Å². The lowest BCUT2D eigenvalue weighted by molar-refractivity contribution is 0.497. The molecule has 4 rings (SSSR count). The molecule has 1 radical (unpaired) electrons. The van der Waals surface area contributed by atoms with Gasteiger partial charge in [0.15, 0.2) is 0 Å². The van der Waals surface area contributed by atoms with Gasteiger partial charge in [-0.15, -0.1) is 0 Å². The van der Waals surface area contributed by atoms with E-state index in [1.165, 1.54) is 11.3 Å². The number of aromatic nitrogens is 2. The fourth-order valence-corrected chi connectivity index (χ4v) is 4.49. The Kier molecular flexibility index (Phi) is 5.50. The molecular weight excluding hydrogens is 399 g/mol. The fourth-order valence-electron chi connectivity index (χ4n) is 3.87. The van der Waals surface area contributed by atoms with Crippen molar-refractivity contribution in [2.24, 2.45) is 0 Å². The van der Waals surface area contributed by atoms with E-state index in [-0.39, 0.29) is 0 Å². The van der Waals surface area contributed by atoms with Gasteiger partial charge in [0.1, 0.15) is 0 Å². The third-order valence-electron chi connectivity index (χ3n) is 5.24. The molecule has 0 atom stereocenters. The number of halogens is 3. The van der Waals surface area contributed by atoms with E-state index < -0.39 is 0 Å². The van der Waals surface area contributed by atoms with E-state index in [1.807, 2.05) is 41.1 Å². The average molecular weight is 419 g/mol. The molecule has 0 bridgehead atoms. The van der Waals surface area contributed by atoms with Gasteiger partial charge in [-0.3, -0.25) is 0 Å². The second-order valence-corrected chi connectivity index (χ2v) is 8.29. The highest BCUT2D eigenvalue weighted by atomic mass is 35.5. The van der Waals surface area contributed by atoms with Crippen molar-refractivity contribution in [3.8, 4) is 16.9 Å². The summed E-state index contributed by atoms with van der Waals surface area (Å²) in [6.07, 6.45) is 6.96. The van der Waals surface area contributed by atoms with E-state index in [4.69, 9.17) is 39.9 Å². The van der Waals surface area contributed by atoms with Crippen LogP contribution in [0.2, 0.25) is 15.1 Å². The van der Waals surface area contributed by atoms with Crippen molar-refractivity contribution < 1.29 is 0 Å². The second kappa shape index (κ2) is 7.87. The summed E-state index contributed by atoms with van der Waals surface area (Å²) in [6, 6.07) is 13.4. The van der Waals surface area contributed by atoms with Gasteiger partial charge in [-0.05, 0) is 74.9 Å². The van der Waals surface area contributed by atoms with Crippen molar-refractivity contribution in [1.29, 1.82) is 0 Å². The summed E-state index contributed by atoms with van der Waals surface area (Å²) in [5.74, 6) is 0.480. The Hall–Kier alpha value is -1.48. The predicted molar refractivity (Wildman–Crippen MR) is 114 cm³/mol. The van der Waals surface area contributed by atoms with Crippen LogP contribution in [0.3, 0.4) is 0 Å². The summed E-state index contributed by atoms with van der Waals surface area (Å²) >= 11 is 18.7. The number of benzene rings is 2. The molecular formula is C22H20Cl3N2. The lowest BCUT2D eigenvalue weighted by Crippen LogP contribution is -2.07. The maximum atomic E-state index is 6.52. The molecule has 1 saturated carbocycles. The van der Waals surface area contributed by atoms with Crippen LogP contribution in [0.4, 0.5) is 0 Å². The molecule has 0 saturated heterocycles. The quantitative estimate of drug-likeness (QED) is 0.426. The summed E-state index contributed by atoms with van der Waals surface area (Å²) in [5.41, 5.74) is 5.33. The topological polar surface area (TPSA) is 17.8 Å². The van der Waals surface area contributed by atoms with Crippen molar-refractivity contribution in [2.45, 2.75) is 38.5 Å². The van der Waals surface area contributed by atoms with Crippen molar-refractivity contribution >= 4 is 34.8 Å². The van der Waals surface area contributed by atoms with Crippen LogP contribution in [0.25, 0.3) is 16.9 Å². The van der Waals surface area contributed by atoms with Crippen molar-refractivity contribution in [2.75, 3.05) is 0 Å². The Morgan fingerprint density at radius 2 is 1.59 bits per heavy atom. The Morgan fingerprint density at radius 1 is 0.926 bits per heavy atom. The van der Waals surface area contributed by atoms with Gasteiger partial charge in [-0.1, -0.05) is 46.9 Å². The van der Waals surface area contributed by atoms with Gasteiger partial charge in [-0.2, -0.15) is 5.10 Å². The van der Waals surface area contributed by atoms with Crippen molar-refractivity contribution in [3.05, 3.63) is 75.2 Å². The maximum Gasteiger partial charge on any atom is 0.0840 e. The second-order valence-electron chi connectivity index (χ2n) is 7.01. The molecule has 0 N–H and O–H groups in total. The Morgan fingerprint density at radius 3 is 2.26 bits per heavy atom. The zero-order valence-corrected chi connectivity index (χ0v) is 17.3. The molecule has 0 spiro atoms. The maximum absolute atomic E-state index is 6.52. The van der Waals surface area contributed by atoms with Crippen LogP contribution >= 0.6 is 34.8 Å². The molecule has 0 unspecified atom stereocenters. The Bertz CT molecular complexity index is 954. The summed E-state index contributed by atoms with van der Waals surface area (Å²) in [7, 11) is 0. The van der Waals surface area contributed by atoms with Gasteiger partial charge < -0.3 is 0 Å². The zero-order valence-electron chi connectivity index (χ0n) is 15.1. The van der Waals surface area contributed by atoms with E-state index >= 15 is 0 Å². The molecule has 27 heavy (non-hydrogen) atoms. The lowest BCUT2D eigenvalue weighted by Gasteiger charge is -2.20. The molecule has 0 aliphatic heterocycles. The first kappa shape index (κ1) is 18.9. The number of hydrogen-bond acceptors (Lipinski definition) is 1. The van der Waals surface area contributed by atoms with Gasteiger partial charge in [0.2, 0.25) is 0 Å². The SMILES string of the molecule is Cc1c(C2CC[CH]CC2)nn(-c2ccc(Cl)cc2Cl)c1-c1ccc(Cl)cc1. The van der Waals surface area contributed by atoms with E-state index in [0.29, 0.717) is 16.0 Å². The van der Waals surface area contributed by atoms with E-state index in [0.717, 1.165) is 47.7 Å². The van der Waals surface area contributed by atoms with Crippen LogP contribution in [0.15, 0.2) is 42.5 Å². The predicted octanol–water partition coefficient (Wildman–Crippen LogP) is 7.67. The first-order valence-corrected chi connectivity index (χ1v) is 10.3. The highest BCUT2D eigenvalue weighted by molar-refractivity contribution is 6.35. The molecule has 1 fully saturated rings. The van der Waals surface area contributed by atoms with Crippen LogP contribution in [0, 0.1) is 13.3 Å². The van der Waals surface area contributed by atoms with E-state index in [9.17, 15) is 0 Å². The standard InChI is InChI=1S/C22H20Cl3N2/c1-14-21(15-5-3-2-4-6-15)26-27(20-12-11-18(24)13-19(20)25)22(14)16-7-9-17(23)10-8-16/h2,7-13,15H,3-6H2,1H3. The third-order valence-corrected chi connectivity index (χ3v) is 6.03. The average Bonchev–Trinajstić information content (AvgIpc) is 3.00. The van der Waals surface area contributed by atoms with Gasteiger partial charge in [0, 0.05) is 21.5 Å². The van der Waals surface area contributed by atoms with Crippen LogP contribution in [0.1, 0.15) is 42.9 Å². The van der Waals surface area contributed by atoms with Crippen molar-refractivity contribution in [1.82, 2.24) is 9.78 Å². The number of nitrogens with zero attached hydrogens (tertiary/aromatic N) is 2. The van der Waals surface area contributed by atoms with Crippen LogP contribution in [-0.4, -0.2) is 9.78 Å². The molecule has 1 heterocycles. The normalized spacial score (nSPS) is 15.3. The molecule has 2 aromatic carbocycles. The molecule has 5 heteroatoms. The molecule has 139 valence electrons. The minimum absolute atomic E-state index is 0.480. The molecule has 1 aliphatic carbocycles. The van der Waals surface area contributed by atoms with Crippen LogP contribution in [-0.2, 0) is 0 Å². The van der Waals surface area contributed by atoms with Gasteiger partial charge in [0.05, 0.1) is 22.1 Å². The monoisotopic (exact) mass is 417 g/mol. The molecule has 2 nitrogen and oxygen atoms in total. The highest BCUT2D eigenvalue weighted by Gasteiger charge is 2.25. The largest absolute Gasteiger partial charge is 0.231 e. The summed E-state index contributed by atoms with van der Waals surface area (Å²) < 4.78 is 1.96. The molecule has 1 aromatic heterocycles. The zero-order chi connectivity index (χ0) is 19.0. The molecule has 3 aromatic rings. The van der Waals surface area contributed by atoms with E-state index in [1.54, 1.807) is 6.07 Å².